The quantitative estimate of drug-likeness (QED) is 0.689. The molecule has 94 valence electrons. The summed E-state index contributed by atoms with van der Waals surface area (Å²) in [6.07, 6.45) is 7.05. The molecular weight excluding hydrogens is 206 g/mol. The molecule has 0 N–H and O–H groups in total. The second-order valence-corrected chi connectivity index (χ2v) is 5.57. The van der Waals surface area contributed by atoms with Crippen LogP contribution in [0.15, 0.2) is 30.3 Å². The first-order valence-corrected chi connectivity index (χ1v) is 7.24. The number of rotatable bonds is 4. The Balaban J connectivity index is 2.09. The van der Waals surface area contributed by atoms with Crippen molar-refractivity contribution in [1.29, 1.82) is 0 Å². The fourth-order valence-electron chi connectivity index (χ4n) is 3.27. The molecule has 1 nitrogen and oxygen atoms in total. The molecule has 17 heavy (non-hydrogen) atoms. The summed E-state index contributed by atoms with van der Waals surface area (Å²) in [4.78, 5) is 0. The fraction of sp³-hybridized carbons (Fsp3) is 0.625. The van der Waals surface area contributed by atoms with E-state index in [9.17, 15) is 0 Å². The maximum Gasteiger partial charge on any atom is 0.104 e. The first-order valence-electron chi connectivity index (χ1n) is 7.24. The lowest BCUT2D eigenvalue weighted by molar-refractivity contribution is -0.940. The lowest BCUT2D eigenvalue weighted by Crippen LogP contribution is -2.48. The molecule has 0 radical (unpaired) electrons. The largest absolute Gasteiger partial charge is 0.320 e. The fourth-order valence-corrected chi connectivity index (χ4v) is 3.27. The minimum absolute atomic E-state index is 1.24. The van der Waals surface area contributed by atoms with Gasteiger partial charge in [-0.25, -0.2) is 0 Å². The summed E-state index contributed by atoms with van der Waals surface area (Å²) >= 11 is 0. The van der Waals surface area contributed by atoms with Crippen molar-refractivity contribution in [2.24, 2.45) is 0 Å². The van der Waals surface area contributed by atoms with Crippen LogP contribution in [0.1, 0.15) is 44.6 Å². The lowest BCUT2D eigenvalue weighted by Gasteiger charge is -2.38. The Morgan fingerprint density at radius 3 is 2.18 bits per heavy atom. The molecule has 1 aliphatic rings. The first-order chi connectivity index (χ1) is 8.35. The van der Waals surface area contributed by atoms with Gasteiger partial charge >= 0.3 is 0 Å². The van der Waals surface area contributed by atoms with E-state index in [1.54, 1.807) is 0 Å². The van der Waals surface area contributed by atoms with Crippen molar-refractivity contribution in [3.8, 4) is 0 Å². The Kier molecular flexibility index (Phi) is 4.61. The summed E-state index contributed by atoms with van der Waals surface area (Å²) in [5, 5.41) is 0. The smallest absolute Gasteiger partial charge is 0.104 e. The molecule has 1 aromatic rings. The minimum Gasteiger partial charge on any atom is -0.320 e. The summed E-state index contributed by atoms with van der Waals surface area (Å²) < 4.78 is 1.33. The summed E-state index contributed by atoms with van der Waals surface area (Å²) in [6, 6.07) is 11.1. The van der Waals surface area contributed by atoms with Crippen molar-refractivity contribution < 1.29 is 4.48 Å². The molecule has 0 bridgehead atoms. The van der Waals surface area contributed by atoms with Gasteiger partial charge in [-0.05, 0) is 32.1 Å². The van der Waals surface area contributed by atoms with E-state index in [0.29, 0.717) is 0 Å². The standard InChI is InChI=1S/C16H26N/c1-2-12-17(13-8-3-4-9-14-17)15-16-10-6-5-7-11-16/h5-7,10-11H,2-4,8-9,12-15H2,1H3/q+1. The molecule has 0 amide bonds. The van der Waals surface area contributed by atoms with Crippen LogP contribution < -0.4 is 0 Å². The molecule has 0 spiro atoms. The maximum atomic E-state index is 2.33. The van der Waals surface area contributed by atoms with Gasteiger partial charge in [0.15, 0.2) is 0 Å². The van der Waals surface area contributed by atoms with Gasteiger partial charge in [-0.15, -0.1) is 0 Å². The molecule has 1 aromatic carbocycles. The van der Waals surface area contributed by atoms with Gasteiger partial charge < -0.3 is 4.48 Å². The van der Waals surface area contributed by atoms with E-state index in [0.717, 1.165) is 0 Å². The second-order valence-electron chi connectivity index (χ2n) is 5.57. The van der Waals surface area contributed by atoms with Crippen LogP contribution in [-0.2, 0) is 6.54 Å². The number of likely N-dealkylation sites (tertiary alicyclic amines) is 1. The van der Waals surface area contributed by atoms with Crippen molar-refractivity contribution >= 4 is 0 Å². The van der Waals surface area contributed by atoms with Crippen molar-refractivity contribution in [3.63, 3.8) is 0 Å². The first kappa shape index (κ1) is 12.6. The highest BCUT2D eigenvalue weighted by Gasteiger charge is 2.27. The van der Waals surface area contributed by atoms with E-state index in [2.05, 4.69) is 37.3 Å². The summed E-state index contributed by atoms with van der Waals surface area (Å²) in [7, 11) is 0. The van der Waals surface area contributed by atoms with Gasteiger partial charge in [0.25, 0.3) is 0 Å². The van der Waals surface area contributed by atoms with E-state index >= 15 is 0 Å². The summed E-state index contributed by atoms with van der Waals surface area (Å²) in [6.45, 7) is 7.71. The third-order valence-corrected chi connectivity index (χ3v) is 4.07. The molecule has 2 rings (SSSR count). The third kappa shape index (κ3) is 3.57. The molecular formula is C16H26N+. The minimum atomic E-state index is 1.24. The van der Waals surface area contributed by atoms with Crippen LogP contribution in [-0.4, -0.2) is 24.1 Å². The number of hydrogen-bond donors (Lipinski definition) is 0. The number of benzene rings is 1. The monoisotopic (exact) mass is 232 g/mol. The lowest BCUT2D eigenvalue weighted by atomic mass is 10.1. The average molecular weight is 232 g/mol. The van der Waals surface area contributed by atoms with E-state index in [-0.39, 0.29) is 0 Å². The number of quaternary nitrogens is 1. The van der Waals surface area contributed by atoms with Crippen LogP contribution in [0.3, 0.4) is 0 Å². The molecule has 1 heterocycles. The van der Waals surface area contributed by atoms with E-state index in [4.69, 9.17) is 0 Å². The van der Waals surface area contributed by atoms with Gasteiger partial charge in [0, 0.05) is 5.56 Å². The molecule has 1 aliphatic heterocycles. The number of nitrogens with zero attached hydrogens (tertiary/aromatic N) is 1. The Labute approximate surface area is 106 Å². The van der Waals surface area contributed by atoms with Crippen molar-refractivity contribution in [2.45, 2.75) is 45.6 Å². The van der Waals surface area contributed by atoms with Crippen LogP contribution in [0.25, 0.3) is 0 Å². The van der Waals surface area contributed by atoms with Gasteiger partial charge in [-0.3, -0.25) is 0 Å². The van der Waals surface area contributed by atoms with Crippen LogP contribution >= 0.6 is 0 Å². The summed E-state index contributed by atoms with van der Waals surface area (Å²) in [5.74, 6) is 0. The predicted octanol–water partition coefficient (Wildman–Crippen LogP) is 3.99. The third-order valence-electron chi connectivity index (χ3n) is 4.07. The molecule has 0 aromatic heterocycles. The highest BCUT2D eigenvalue weighted by Crippen LogP contribution is 2.22. The topological polar surface area (TPSA) is 0 Å². The maximum absolute atomic E-state index is 2.33. The highest BCUT2D eigenvalue weighted by molar-refractivity contribution is 5.13. The average Bonchev–Trinajstić information content (AvgIpc) is 2.57. The van der Waals surface area contributed by atoms with Crippen molar-refractivity contribution in [1.82, 2.24) is 0 Å². The highest BCUT2D eigenvalue weighted by atomic mass is 15.3. The zero-order valence-corrected chi connectivity index (χ0v) is 11.2. The van der Waals surface area contributed by atoms with Crippen molar-refractivity contribution in [3.05, 3.63) is 35.9 Å². The van der Waals surface area contributed by atoms with E-state index in [1.807, 2.05) is 0 Å². The Morgan fingerprint density at radius 2 is 1.59 bits per heavy atom. The Morgan fingerprint density at radius 1 is 0.941 bits per heavy atom. The van der Waals surface area contributed by atoms with Gasteiger partial charge in [0.1, 0.15) is 6.54 Å². The SMILES string of the molecule is CCC[N+]1(Cc2ccccc2)CCCCCC1. The molecule has 0 unspecified atom stereocenters. The molecule has 0 saturated carbocycles. The molecule has 0 aliphatic carbocycles. The van der Waals surface area contributed by atoms with Gasteiger partial charge in [-0.2, -0.15) is 0 Å². The van der Waals surface area contributed by atoms with Crippen LogP contribution in [0.2, 0.25) is 0 Å². The zero-order chi connectivity index (χ0) is 12.0. The van der Waals surface area contributed by atoms with Crippen LogP contribution in [0, 0.1) is 0 Å². The zero-order valence-electron chi connectivity index (χ0n) is 11.2. The molecule has 1 fully saturated rings. The Hall–Kier alpha value is -0.820. The normalized spacial score (nSPS) is 19.8. The molecule has 1 heteroatoms. The van der Waals surface area contributed by atoms with E-state index in [1.165, 1.54) is 68.3 Å². The van der Waals surface area contributed by atoms with Gasteiger partial charge in [-0.1, -0.05) is 37.3 Å². The van der Waals surface area contributed by atoms with Crippen molar-refractivity contribution in [2.75, 3.05) is 19.6 Å². The van der Waals surface area contributed by atoms with Gasteiger partial charge in [0.2, 0.25) is 0 Å². The van der Waals surface area contributed by atoms with E-state index < -0.39 is 0 Å². The van der Waals surface area contributed by atoms with Crippen LogP contribution in [0.4, 0.5) is 0 Å². The summed E-state index contributed by atoms with van der Waals surface area (Å²) in [5.41, 5.74) is 1.52. The molecule has 1 saturated heterocycles. The number of hydrogen-bond acceptors (Lipinski definition) is 0. The Bertz CT molecular complexity index is 310. The van der Waals surface area contributed by atoms with Gasteiger partial charge in [0.05, 0.1) is 19.6 Å². The molecule has 0 atom stereocenters. The predicted molar refractivity (Wildman–Crippen MR) is 73.8 cm³/mol. The second kappa shape index (κ2) is 6.20. The van der Waals surface area contributed by atoms with Crippen LogP contribution in [0.5, 0.6) is 0 Å².